The Morgan fingerprint density at radius 2 is 2.08 bits per heavy atom. The fourth-order valence-electron chi connectivity index (χ4n) is 1.02. The molecule has 0 spiro atoms. The average Bonchev–Trinajstić information content (AvgIpc) is 2.75. The molecule has 1 heterocycles. The molecule has 1 fully saturated rings. The second kappa shape index (κ2) is 3.91. The summed E-state index contributed by atoms with van der Waals surface area (Å²) in [6.45, 7) is 0. The van der Waals surface area contributed by atoms with E-state index in [1.807, 2.05) is 0 Å². The lowest BCUT2D eigenvalue weighted by atomic mass is 10.2. The molecule has 13 heavy (non-hydrogen) atoms. The number of allylic oxidation sites excluding steroid dienone is 1. The zero-order chi connectivity index (χ0) is 9.90. The number of hydrogen-bond donors (Lipinski definition) is 0. The van der Waals surface area contributed by atoms with Gasteiger partial charge in [0.05, 0.1) is 6.10 Å². The molecule has 0 amide bonds. The maximum atomic E-state index is 11.7. The first-order valence-electron chi connectivity index (χ1n) is 3.87. The Kier molecular flexibility index (Phi) is 3.08. The normalized spacial score (nSPS) is 27.9. The van der Waals surface area contributed by atoms with E-state index in [1.165, 1.54) is 12.2 Å². The summed E-state index contributed by atoms with van der Waals surface area (Å²) >= 11 is 0. The van der Waals surface area contributed by atoms with Crippen molar-refractivity contribution in [3.05, 3.63) is 12.2 Å². The molecule has 1 saturated heterocycles. The number of carbonyl (C=O) groups is 1. The van der Waals surface area contributed by atoms with Gasteiger partial charge in [-0.15, -0.1) is 0 Å². The molecule has 74 valence electrons. The first-order valence-corrected chi connectivity index (χ1v) is 3.87. The highest BCUT2D eigenvalue weighted by molar-refractivity contribution is 5.64. The molecule has 0 aliphatic carbocycles. The summed E-state index contributed by atoms with van der Waals surface area (Å²) in [5.41, 5.74) is 0. The van der Waals surface area contributed by atoms with Gasteiger partial charge in [0.25, 0.3) is 0 Å². The van der Waals surface area contributed by atoms with Crippen LogP contribution in [0.3, 0.4) is 0 Å². The highest BCUT2D eigenvalue weighted by atomic mass is 19.4. The smallest absolute Gasteiger partial charge is 0.365 e. The predicted molar refractivity (Wildman–Crippen MR) is 39.2 cm³/mol. The van der Waals surface area contributed by atoms with E-state index in [-0.39, 0.29) is 18.6 Å². The third-order valence-corrected chi connectivity index (χ3v) is 1.71. The van der Waals surface area contributed by atoms with E-state index in [1.54, 1.807) is 0 Å². The van der Waals surface area contributed by atoms with Gasteiger partial charge in [0.2, 0.25) is 0 Å². The molecule has 0 bridgehead atoms. The summed E-state index contributed by atoms with van der Waals surface area (Å²) in [6.07, 6.45) is -2.37. The van der Waals surface area contributed by atoms with Gasteiger partial charge >= 0.3 is 6.18 Å². The molecular weight excluding hydrogens is 185 g/mol. The lowest BCUT2D eigenvalue weighted by Gasteiger charge is -2.02. The predicted octanol–water partition coefficient (Wildman–Crippen LogP) is 1.85. The topological polar surface area (TPSA) is 29.6 Å². The van der Waals surface area contributed by atoms with Crippen LogP contribution in [-0.2, 0) is 9.53 Å². The van der Waals surface area contributed by atoms with Crippen LogP contribution in [-0.4, -0.2) is 24.7 Å². The Morgan fingerprint density at radius 3 is 2.62 bits per heavy atom. The monoisotopic (exact) mass is 194 g/mol. The van der Waals surface area contributed by atoms with Gasteiger partial charge in [0, 0.05) is 6.42 Å². The number of halogens is 3. The van der Waals surface area contributed by atoms with E-state index in [0.29, 0.717) is 6.29 Å². The van der Waals surface area contributed by atoms with Crippen molar-refractivity contribution in [1.29, 1.82) is 0 Å². The van der Waals surface area contributed by atoms with Crippen LogP contribution in [0.4, 0.5) is 13.2 Å². The maximum Gasteiger partial charge on any atom is 0.389 e. The highest BCUT2D eigenvalue weighted by Crippen LogP contribution is 2.32. The van der Waals surface area contributed by atoms with Gasteiger partial charge in [-0.1, -0.05) is 6.08 Å². The summed E-state index contributed by atoms with van der Waals surface area (Å²) in [5.74, 6) is 0. The molecule has 0 aromatic heterocycles. The second-order valence-electron chi connectivity index (χ2n) is 2.81. The van der Waals surface area contributed by atoms with Gasteiger partial charge in [0.1, 0.15) is 12.4 Å². The maximum absolute atomic E-state index is 11.7. The lowest BCUT2D eigenvalue weighted by molar-refractivity contribution is -0.136. The minimum Gasteiger partial charge on any atom is -0.365 e. The Hall–Kier alpha value is -0.840. The van der Waals surface area contributed by atoms with Gasteiger partial charge in [-0.25, -0.2) is 0 Å². The number of hydrogen-bond acceptors (Lipinski definition) is 2. The van der Waals surface area contributed by atoms with Crippen molar-refractivity contribution >= 4 is 6.29 Å². The average molecular weight is 194 g/mol. The standard InChI is InChI=1S/C8H9F3O2/c9-8(10,11)4-3-7-6(13-7)2-1-5-12/h1-2,5-7H,3-4H2/t6-,7-/m1/s1. The van der Waals surface area contributed by atoms with Crippen molar-refractivity contribution in [2.45, 2.75) is 31.2 Å². The van der Waals surface area contributed by atoms with Gasteiger partial charge in [-0.2, -0.15) is 13.2 Å². The summed E-state index contributed by atoms with van der Waals surface area (Å²) in [5, 5.41) is 0. The van der Waals surface area contributed by atoms with Crippen molar-refractivity contribution in [2.75, 3.05) is 0 Å². The fraction of sp³-hybridized carbons (Fsp3) is 0.625. The largest absolute Gasteiger partial charge is 0.389 e. The Bertz CT molecular complexity index is 210. The van der Waals surface area contributed by atoms with Gasteiger partial charge in [-0.05, 0) is 12.5 Å². The fourth-order valence-corrected chi connectivity index (χ4v) is 1.02. The summed E-state index contributed by atoms with van der Waals surface area (Å²) in [4.78, 5) is 9.84. The van der Waals surface area contributed by atoms with E-state index in [0.717, 1.165) is 0 Å². The first kappa shape index (κ1) is 10.2. The number of carbonyl (C=O) groups excluding carboxylic acids is 1. The number of aldehydes is 1. The third kappa shape index (κ3) is 4.07. The van der Waals surface area contributed by atoms with Crippen LogP contribution in [0.2, 0.25) is 0 Å². The third-order valence-electron chi connectivity index (χ3n) is 1.71. The molecule has 0 radical (unpaired) electrons. The molecule has 5 heteroatoms. The minimum absolute atomic E-state index is 0.0304. The zero-order valence-electron chi connectivity index (χ0n) is 6.75. The van der Waals surface area contributed by atoms with E-state index >= 15 is 0 Å². The number of epoxide rings is 1. The lowest BCUT2D eigenvalue weighted by Crippen LogP contribution is -2.08. The minimum atomic E-state index is -4.12. The van der Waals surface area contributed by atoms with Crippen LogP contribution in [0.25, 0.3) is 0 Å². The van der Waals surface area contributed by atoms with E-state index < -0.39 is 12.6 Å². The number of ether oxygens (including phenoxy) is 1. The van der Waals surface area contributed by atoms with Crippen molar-refractivity contribution < 1.29 is 22.7 Å². The molecular formula is C8H9F3O2. The zero-order valence-corrected chi connectivity index (χ0v) is 6.75. The van der Waals surface area contributed by atoms with Gasteiger partial charge in [-0.3, -0.25) is 4.79 Å². The first-order chi connectivity index (χ1) is 6.03. The second-order valence-corrected chi connectivity index (χ2v) is 2.81. The summed E-state index contributed by atoms with van der Waals surface area (Å²) in [7, 11) is 0. The van der Waals surface area contributed by atoms with Crippen LogP contribution in [0.15, 0.2) is 12.2 Å². The molecule has 0 aromatic carbocycles. The molecule has 0 aromatic rings. The summed E-state index contributed by atoms with van der Waals surface area (Å²) in [6, 6.07) is 0. The molecule has 2 nitrogen and oxygen atoms in total. The van der Waals surface area contributed by atoms with Crippen LogP contribution in [0.5, 0.6) is 0 Å². The van der Waals surface area contributed by atoms with Crippen LogP contribution >= 0.6 is 0 Å². The van der Waals surface area contributed by atoms with Crippen LogP contribution in [0, 0.1) is 0 Å². The number of rotatable bonds is 4. The molecule has 0 unspecified atom stereocenters. The van der Waals surface area contributed by atoms with Crippen molar-refractivity contribution in [1.82, 2.24) is 0 Å². The Morgan fingerprint density at radius 1 is 1.38 bits per heavy atom. The SMILES string of the molecule is O=CC=C[C@H]1O[C@@H]1CCC(F)(F)F. The van der Waals surface area contributed by atoms with Crippen LogP contribution < -0.4 is 0 Å². The molecule has 1 rings (SSSR count). The van der Waals surface area contributed by atoms with Crippen molar-refractivity contribution in [2.24, 2.45) is 0 Å². The quantitative estimate of drug-likeness (QED) is 0.388. The molecule has 1 aliphatic heterocycles. The van der Waals surface area contributed by atoms with E-state index in [2.05, 4.69) is 0 Å². The van der Waals surface area contributed by atoms with E-state index in [4.69, 9.17) is 4.74 Å². The highest BCUT2D eigenvalue weighted by Gasteiger charge is 2.39. The molecule has 1 aliphatic rings. The summed E-state index contributed by atoms with van der Waals surface area (Å²) < 4.78 is 39.9. The van der Waals surface area contributed by atoms with Crippen molar-refractivity contribution in [3.8, 4) is 0 Å². The number of alkyl halides is 3. The molecule has 0 N–H and O–H groups in total. The van der Waals surface area contributed by atoms with Gasteiger partial charge in [0.15, 0.2) is 0 Å². The van der Waals surface area contributed by atoms with Crippen molar-refractivity contribution in [3.63, 3.8) is 0 Å². The Balaban J connectivity index is 2.14. The van der Waals surface area contributed by atoms with Crippen LogP contribution in [0.1, 0.15) is 12.8 Å². The van der Waals surface area contributed by atoms with Gasteiger partial charge < -0.3 is 4.74 Å². The Labute approximate surface area is 73.4 Å². The molecule has 2 atom stereocenters. The van der Waals surface area contributed by atoms with E-state index in [9.17, 15) is 18.0 Å². The molecule has 0 saturated carbocycles.